The van der Waals surface area contributed by atoms with Crippen molar-refractivity contribution >= 4 is 16.8 Å². The smallest absolute Gasteiger partial charge is 0.254 e. The number of carbonyl (C=O) groups excluding carboxylic acids is 1. The van der Waals surface area contributed by atoms with Crippen molar-refractivity contribution in [2.75, 3.05) is 0 Å². The van der Waals surface area contributed by atoms with E-state index in [9.17, 15) is 4.79 Å². The van der Waals surface area contributed by atoms with E-state index in [4.69, 9.17) is 0 Å². The number of carbonyl (C=O) groups is 1. The van der Waals surface area contributed by atoms with E-state index in [2.05, 4.69) is 39.9 Å². The molecule has 4 rings (SSSR count). The number of nitrogens with one attached hydrogen (secondary N) is 1. The van der Waals surface area contributed by atoms with E-state index in [0.717, 1.165) is 23.0 Å². The van der Waals surface area contributed by atoms with Crippen LogP contribution < -0.4 is 5.32 Å². The van der Waals surface area contributed by atoms with Gasteiger partial charge in [-0.1, -0.05) is 62.4 Å². The van der Waals surface area contributed by atoms with Gasteiger partial charge in [-0.2, -0.15) is 5.10 Å². The van der Waals surface area contributed by atoms with Crippen molar-refractivity contribution in [3.05, 3.63) is 84.6 Å². The summed E-state index contributed by atoms with van der Waals surface area (Å²) < 4.78 is 3.91. The fourth-order valence-corrected chi connectivity index (χ4v) is 3.64. The summed E-state index contributed by atoms with van der Waals surface area (Å²) in [6.45, 7) is 5.74. The zero-order valence-electron chi connectivity index (χ0n) is 16.7. The molecule has 0 radical (unpaired) electrons. The third-order valence-corrected chi connectivity index (χ3v) is 4.94. The minimum Gasteiger partial charge on any atom is -0.346 e. The number of nitrogens with zero attached hydrogens (tertiary/aromatic N) is 4. The molecule has 0 saturated carbocycles. The highest BCUT2D eigenvalue weighted by Crippen LogP contribution is 2.24. The molecule has 2 aromatic carbocycles. The molecule has 0 saturated heterocycles. The number of para-hydroxylation sites is 1. The van der Waals surface area contributed by atoms with Crippen LogP contribution in [0.5, 0.6) is 0 Å². The first kappa shape index (κ1) is 18.9. The molecular formula is C23H25N5O. The van der Waals surface area contributed by atoms with Gasteiger partial charge in [0.1, 0.15) is 12.7 Å². The van der Waals surface area contributed by atoms with Crippen LogP contribution in [0.15, 0.2) is 73.4 Å². The highest BCUT2D eigenvalue weighted by atomic mass is 16.1. The lowest BCUT2D eigenvalue weighted by molar-refractivity contribution is 0.0933. The average Bonchev–Trinajstić information content (AvgIpc) is 3.36. The molecule has 148 valence electrons. The molecule has 1 N–H and O–H groups in total. The van der Waals surface area contributed by atoms with Crippen LogP contribution in [0.1, 0.15) is 35.8 Å². The van der Waals surface area contributed by atoms with E-state index >= 15 is 0 Å². The number of amides is 1. The maximum Gasteiger partial charge on any atom is 0.254 e. The van der Waals surface area contributed by atoms with Crippen molar-refractivity contribution in [1.29, 1.82) is 0 Å². The third kappa shape index (κ3) is 4.21. The van der Waals surface area contributed by atoms with Crippen LogP contribution in [-0.4, -0.2) is 25.2 Å². The second-order valence-corrected chi connectivity index (χ2v) is 7.66. The van der Waals surface area contributed by atoms with Gasteiger partial charge >= 0.3 is 0 Å². The first-order valence-electron chi connectivity index (χ1n) is 9.88. The molecule has 0 fully saturated rings. The lowest BCUT2D eigenvalue weighted by atomic mass is 10.1. The Labute approximate surface area is 170 Å². The Balaban J connectivity index is 1.65. The van der Waals surface area contributed by atoms with Gasteiger partial charge in [-0.3, -0.25) is 9.48 Å². The Morgan fingerprint density at radius 1 is 1.03 bits per heavy atom. The second-order valence-electron chi connectivity index (χ2n) is 7.66. The van der Waals surface area contributed by atoms with Gasteiger partial charge in [0.15, 0.2) is 0 Å². The van der Waals surface area contributed by atoms with Crippen molar-refractivity contribution in [2.24, 2.45) is 5.92 Å². The SMILES string of the molecule is CC(C)Cn1cc(C(=O)NC(Cn2cncn2)c2ccccc2)c2ccccc21. The molecule has 0 aliphatic rings. The van der Waals surface area contributed by atoms with Crippen molar-refractivity contribution < 1.29 is 4.79 Å². The Bertz CT molecular complexity index is 1080. The van der Waals surface area contributed by atoms with Crippen LogP contribution in [0.2, 0.25) is 0 Å². The molecule has 4 aromatic rings. The first-order chi connectivity index (χ1) is 14.1. The van der Waals surface area contributed by atoms with E-state index in [0.29, 0.717) is 18.0 Å². The van der Waals surface area contributed by atoms with Crippen LogP contribution in [0.3, 0.4) is 0 Å². The lowest BCUT2D eigenvalue weighted by Gasteiger charge is -2.19. The first-order valence-corrected chi connectivity index (χ1v) is 9.88. The lowest BCUT2D eigenvalue weighted by Crippen LogP contribution is -2.31. The molecule has 6 nitrogen and oxygen atoms in total. The molecule has 29 heavy (non-hydrogen) atoms. The van der Waals surface area contributed by atoms with Gasteiger partial charge in [0.05, 0.1) is 18.2 Å². The van der Waals surface area contributed by atoms with Crippen LogP contribution in [-0.2, 0) is 13.1 Å². The maximum atomic E-state index is 13.3. The van der Waals surface area contributed by atoms with Gasteiger partial charge in [-0.25, -0.2) is 4.98 Å². The topological polar surface area (TPSA) is 64.7 Å². The molecule has 1 amide bonds. The fraction of sp³-hybridized carbons (Fsp3) is 0.261. The van der Waals surface area contributed by atoms with E-state index in [1.54, 1.807) is 11.0 Å². The fourth-order valence-electron chi connectivity index (χ4n) is 3.64. The molecule has 0 spiro atoms. The van der Waals surface area contributed by atoms with Crippen LogP contribution in [0.4, 0.5) is 0 Å². The van der Waals surface area contributed by atoms with Gasteiger partial charge in [0, 0.05) is 23.6 Å². The Morgan fingerprint density at radius 3 is 2.52 bits per heavy atom. The molecule has 0 aliphatic heterocycles. The van der Waals surface area contributed by atoms with Crippen molar-refractivity contribution in [3.63, 3.8) is 0 Å². The normalized spacial score (nSPS) is 12.4. The standard InChI is InChI=1S/C23H25N5O/c1-17(2)12-27-13-20(19-10-6-7-11-22(19)27)23(29)26-21(14-28-16-24-15-25-28)18-8-4-3-5-9-18/h3-11,13,15-17,21H,12,14H2,1-2H3,(H,26,29). The summed E-state index contributed by atoms with van der Waals surface area (Å²) in [5, 5.41) is 8.37. The quantitative estimate of drug-likeness (QED) is 0.520. The average molecular weight is 387 g/mol. The third-order valence-electron chi connectivity index (χ3n) is 4.94. The van der Waals surface area contributed by atoms with Gasteiger partial charge in [-0.05, 0) is 17.5 Å². The molecule has 1 unspecified atom stereocenters. The summed E-state index contributed by atoms with van der Waals surface area (Å²) in [4.78, 5) is 17.3. The van der Waals surface area contributed by atoms with Gasteiger partial charge in [-0.15, -0.1) is 0 Å². The zero-order chi connectivity index (χ0) is 20.2. The summed E-state index contributed by atoms with van der Waals surface area (Å²) in [5.41, 5.74) is 2.81. The number of hydrogen-bond donors (Lipinski definition) is 1. The predicted octanol–water partition coefficient (Wildman–Crippen LogP) is 4.06. The van der Waals surface area contributed by atoms with Gasteiger partial charge in [0.2, 0.25) is 0 Å². The summed E-state index contributed by atoms with van der Waals surface area (Å²) >= 11 is 0. The van der Waals surface area contributed by atoms with E-state index in [-0.39, 0.29) is 11.9 Å². The summed E-state index contributed by atoms with van der Waals surface area (Å²) in [7, 11) is 0. The number of benzene rings is 2. The van der Waals surface area contributed by atoms with Gasteiger partial charge in [0.25, 0.3) is 5.91 Å². The molecule has 0 aliphatic carbocycles. The Morgan fingerprint density at radius 2 is 1.79 bits per heavy atom. The Hall–Kier alpha value is -3.41. The monoisotopic (exact) mass is 387 g/mol. The van der Waals surface area contributed by atoms with E-state index in [1.165, 1.54) is 6.33 Å². The van der Waals surface area contributed by atoms with Crippen molar-refractivity contribution in [3.8, 4) is 0 Å². The highest BCUT2D eigenvalue weighted by molar-refractivity contribution is 6.07. The molecule has 0 bridgehead atoms. The number of aromatic nitrogens is 4. The molecule has 2 heterocycles. The van der Waals surface area contributed by atoms with E-state index < -0.39 is 0 Å². The molecule has 2 aromatic heterocycles. The number of fused-ring (bicyclic) bond motifs is 1. The summed E-state index contributed by atoms with van der Waals surface area (Å²) in [6, 6.07) is 17.8. The zero-order valence-corrected chi connectivity index (χ0v) is 16.7. The minimum atomic E-state index is -0.211. The largest absolute Gasteiger partial charge is 0.346 e. The van der Waals surface area contributed by atoms with Crippen molar-refractivity contribution in [2.45, 2.75) is 33.0 Å². The number of hydrogen-bond acceptors (Lipinski definition) is 3. The predicted molar refractivity (Wildman–Crippen MR) is 113 cm³/mol. The molecule has 6 heteroatoms. The van der Waals surface area contributed by atoms with Gasteiger partial charge < -0.3 is 9.88 Å². The molecular weight excluding hydrogens is 362 g/mol. The van der Waals surface area contributed by atoms with E-state index in [1.807, 2.05) is 54.7 Å². The van der Waals surface area contributed by atoms with Crippen molar-refractivity contribution in [1.82, 2.24) is 24.6 Å². The molecule has 1 atom stereocenters. The minimum absolute atomic E-state index is 0.0855. The van der Waals surface area contributed by atoms with Crippen LogP contribution in [0.25, 0.3) is 10.9 Å². The highest BCUT2D eigenvalue weighted by Gasteiger charge is 2.20. The number of rotatable bonds is 7. The van der Waals surface area contributed by atoms with Crippen LogP contribution in [0, 0.1) is 5.92 Å². The summed E-state index contributed by atoms with van der Waals surface area (Å²) in [6.07, 6.45) is 5.14. The maximum absolute atomic E-state index is 13.3. The van der Waals surface area contributed by atoms with Crippen LogP contribution >= 0.6 is 0 Å². The Kier molecular flexibility index (Phi) is 5.42. The summed E-state index contributed by atoms with van der Waals surface area (Å²) in [5.74, 6) is 0.406. The second kappa shape index (κ2) is 8.31.